The van der Waals surface area contributed by atoms with Gasteiger partial charge in [0.1, 0.15) is 11.5 Å². The van der Waals surface area contributed by atoms with E-state index in [1.165, 1.54) is 6.07 Å². The fourth-order valence-electron chi connectivity index (χ4n) is 4.84. The first kappa shape index (κ1) is 26.4. The van der Waals surface area contributed by atoms with Crippen LogP contribution in [0.3, 0.4) is 0 Å². The number of anilines is 2. The Hall–Kier alpha value is -3.19. The molecule has 0 spiro atoms. The lowest BCUT2D eigenvalue weighted by Gasteiger charge is -2.39. The van der Waals surface area contributed by atoms with Gasteiger partial charge < -0.3 is 20.3 Å². The van der Waals surface area contributed by atoms with Crippen molar-refractivity contribution in [3.05, 3.63) is 63.6 Å². The lowest BCUT2D eigenvalue weighted by Crippen LogP contribution is -2.48. The van der Waals surface area contributed by atoms with Crippen LogP contribution in [0.25, 0.3) is 0 Å². The lowest BCUT2D eigenvalue weighted by molar-refractivity contribution is -0.188. The van der Waals surface area contributed by atoms with Gasteiger partial charge in [-0.3, -0.25) is 14.8 Å². The smallest absolute Gasteiger partial charge is 0.310 e. The van der Waals surface area contributed by atoms with Crippen molar-refractivity contribution in [3.63, 3.8) is 0 Å². The first-order valence-electron chi connectivity index (χ1n) is 12.1. The molecule has 2 saturated heterocycles. The van der Waals surface area contributed by atoms with Crippen molar-refractivity contribution < 1.29 is 28.5 Å². The SMILES string of the molecule is Cc1cc(Nc2nc(CC3(C(=O)O)CCN(Cc4cccc(Cl)c4F)CC3)c(F)c(C3(O)COC3)n2)n[nH]1. The monoisotopic (exact) mass is 548 g/mol. The Labute approximate surface area is 222 Å². The molecule has 38 heavy (non-hydrogen) atoms. The van der Waals surface area contributed by atoms with Gasteiger partial charge in [-0.15, -0.1) is 0 Å². The molecule has 13 heteroatoms. The molecule has 3 aromatic rings. The summed E-state index contributed by atoms with van der Waals surface area (Å²) >= 11 is 5.89. The number of carboxylic acids is 1. The molecule has 0 amide bonds. The van der Waals surface area contributed by atoms with Crippen LogP contribution < -0.4 is 5.32 Å². The van der Waals surface area contributed by atoms with Crippen LogP contribution in [-0.4, -0.2) is 67.6 Å². The molecule has 0 aliphatic carbocycles. The Morgan fingerprint density at radius 2 is 1.97 bits per heavy atom. The minimum absolute atomic E-state index is 0.0161. The summed E-state index contributed by atoms with van der Waals surface area (Å²) in [5, 5.41) is 30.8. The summed E-state index contributed by atoms with van der Waals surface area (Å²) < 4.78 is 35.2. The van der Waals surface area contributed by atoms with Gasteiger partial charge in [-0.25, -0.2) is 18.7 Å². The second-order valence-corrected chi connectivity index (χ2v) is 10.4. The average molecular weight is 549 g/mol. The molecule has 0 bridgehead atoms. The normalized spacial score (nSPS) is 18.7. The van der Waals surface area contributed by atoms with E-state index in [0.717, 1.165) is 5.69 Å². The number of carbonyl (C=O) groups is 1. The van der Waals surface area contributed by atoms with Crippen molar-refractivity contribution in [1.82, 2.24) is 25.1 Å². The zero-order valence-corrected chi connectivity index (χ0v) is 21.4. The van der Waals surface area contributed by atoms with Crippen LogP contribution in [0.4, 0.5) is 20.5 Å². The molecule has 202 valence electrons. The van der Waals surface area contributed by atoms with Crippen LogP contribution in [0, 0.1) is 24.0 Å². The van der Waals surface area contributed by atoms with Crippen LogP contribution in [0.1, 0.15) is 35.5 Å². The highest BCUT2D eigenvalue weighted by molar-refractivity contribution is 6.30. The van der Waals surface area contributed by atoms with Crippen molar-refractivity contribution in [2.45, 2.75) is 38.3 Å². The number of aromatic nitrogens is 4. The second-order valence-electron chi connectivity index (χ2n) is 9.99. The Morgan fingerprint density at radius 3 is 2.58 bits per heavy atom. The molecule has 0 radical (unpaired) electrons. The summed E-state index contributed by atoms with van der Waals surface area (Å²) in [5.41, 5.74) is -2.13. The van der Waals surface area contributed by atoms with Gasteiger partial charge in [-0.2, -0.15) is 5.10 Å². The van der Waals surface area contributed by atoms with Crippen LogP contribution in [0.2, 0.25) is 5.02 Å². The third-order valence-corrected chi connectivity index (χ3v) is 7.48. The number of halogens is 3. The molecule has 4 N–H and O–H groups in total. The highest BCUT2D eigenvalue weighted by Crippen LogP contribution is 2.39. The number of ether oxygens (including phenoxy) is 1. The Morgan fingerprint density at radius 1 is 1.24 bits per heavy atom. The van der Waals surface area contributed by atoms with E-state index < -0.39 is 28.6 Å². The van der Waals surface area contributed by atoms with Crippen molar-refractivity contribution in [2.75, 3.05) is 31.6 Å². The number of nitrogens with zero attached hydrogens (tertiary/aromatic N) is 4. The first-order chi connectivity index (χ1) is 18.1. The van der Waals surface area contributed by atoms with Gasteiger partial charge in [-0.05, 0) is 38.9 Å². The highest BCUT2D eigenvalue weighted by atomic mass is 35.5. The summed E-state index contributed by atoms with van der Waals surface area (Å²) in [4.78, 5) is 22.9. The number of aromatic amines is 1. The zero-order chi connectivity index (χ0) is 27.1. The predicted molar refractivity (Wildman–Crippen MR) is 133 cm³/mol. The number of aliphatic carboxylic acids is 1. The third-order valence-electron chi connectivity index (χ3n) is 7.19. The number of piperidine rings is 1. The standard InChI is InChI=1S/C25H27ClF2N6O4/c1-14-9-18(33-32-14)30-23-29-17(20(28)21(31-23)25(37)12-38-13-25)10-24(22(35)36)5-7-34(8-6-24)11-15-3-2-4-16(26)19(15)27/h2-4,9,37H,5-8,10-13H2,1H3,(H,35,36)(H2,29,30,31,32,33). The van der Waals surface area contributed by atoms with Gasteiger partial charge in [-0.1, -0.05) is 23.7 Å². The lowest BCUT2D eigenvalue weighted by atomic mass is 9.74. The molecule has 0 atom stereocenters. The minimum atomic E-state index is -1.64. The number of nitrogens with one attached hydrogen (secondary N) is 2. The van der Waals surface area contributed by atoms with Gasteiger partial charge in [0.15, 0.2) is 17.2 Å². The van der Waals surface area contributed by atoms with Crippen LogP contribution >= 0.6 is 11.6 Å². The third kappa shape index (κ3) is 5.08. The number of carboxylic acid groups (broad SMARTS) is 1. The summed E-state index contributed by atoms with van der Waals surface area (Å²) in [6.07, 6.45) is 0.171. The molecule has 2 aromatic heterocycles. The van der Waals surface area contributed by atoms with E-state index in [1.54, 1.807) is 25.1 Å². The zero-order valence-electron chi connectivity index (χ0n) is 20.6. The molecule has 0 unspecified atom stereocenters. The molecular formula is C25H27ClF2N6O4. The molecule has 2 fully saturated rings. The Kier molecular flexibility index (Phi) is 7.07. The molecule has 1 aromatic carbocycles. The number of aryl methyl sites for hydroxylation is 1. The predicted octanol–water partition coefficient (Wildman–Crippen LogP) is 3.31. The summed E-state index contributed by atoms with van der Waals surface area (Å²) in [6, 6.07) is 6.48. The second kappa shape index (κ2) is 10.2. The number of rotatable bonds is 8. The highest BCUT2D eigenvalue weighted by Gasteiger charge is 2.46. The fraction of sp³-hybridized carbons (Fsp3) is 0.440. The van der Waals surface area contributed by atoms with Crippen LogP contribution in [-0.2, 0) is 28.1 Å². The van der Waals surface area contributed by atoms with Crippen molar-refractivity contribution in [2.24, 2.45) is 5.41 Å². The first-order valence-corrected chi connectivity index (χ1v) is 12.5. The fourth-order valence-corrected chi connectivity index (χ4v) is 5.04. The minimum Gasteiger partial charge on any atom is -0.481 e. The van der Waals surface area contributed by atoms with Gasteiger partial charge in [0.25, 0.3) is 0 Å². The van der Waals surface area contributed by atoms with Crippen molar-refractivity contribution in [1.29, 1.82) is 0 Å². The number of likely N-dealkylation sites (tertiary alicyclic amines) is 1. The average Bonchev–Trinajstić information content (AvgIpc) is 3.27. The van der Waals surface area contributed by atoms with E-state index in [2.05, 4.69) is 25.5 Å². The molecule has 5 rings (SSSR count). The number of aliphatic hydroxyl groups is 1. The van der Waals surface area contributed by atoms with Gasteiger partial charge >= 0.3 is 5.97 Å². The number of hydrogen-bond donors (Lipinski definition) is 4. The van der Waals surface area contributed by atoms with Gasteiger partial charge in [0.05, 0.1) is 29.3 Å². The van der Waals surface area contributed by atoms with Crippen LogP contribution in [0.15, 0.2) is 24.3 Å². The largest absolute Gasteiger partial charge is 0.481 e. The maximum atomic E-state index is 15.7. The topological polar surface area (TPSA) is 136 Å². The number of benzene rings is 1. The number of hydrogen-bond acceptors (Lipinski definition) is 8. The molecule has 2 aliphatic heterocycles. The number of H-pyrrole nitrogens is 1. The quantitative estimate of drug-likeness (QED) is 0.334. The van der Waals surface area contributed by atoms with Crippen LogP contribution in [0.5, 0.6) is 0 Å². The summed E-state index contributed by atoms with van der Waals surface area (Å²) in [5.74, 6) is -2.06. The van der Waals surface area contributed by atoms with E-state index in [1.807, 2.05) is 4.90 Å². The van der Waals surface area contributed by atoms with Gasteiger partial charge in [0, 0.05) is 30.3 Å². The Balaban J connectivity index is 1.40. The van der Waals surface area contributed by atoms with E-state index in [-0.39, 0.29) is 61.4 Å². The summed E-state index contributed by atoms with van der Waals surface area (Å²) in [7, 11) is 0. The van der Waals surface area contributed by atoms with E-state index in [0.29, 0.717) is 24.5 Å². The van der Waals surface area contributed by atoms with E-state index >= 15 is 4.39 Å². The van der Waals surface area contributed by atoms with Gasteiger partial charge in [0.2, 0.25) is 5.95 Å². The van der Waals surface area contributed by atoms with Crippen molar-refractivity contribution >= 4 is 29.3 Å². The molecule has 10 nitrogen and oxygen atoms in total. The molecule has 0 saturated carbocycles. The van der Waals surface area contributed by atoms with E-state index in [9.17, 15) is 19.4 Å². The maximum Gasteiger partial charge on any atom is 0.310 e. The molecular weight excluding hydrogens is 522 g/mol. The van der Waals surface area contributed by atoms with E-state index in [4.69, 9.17) is 16.3 Å². The molecule has 2 aliphatic rings. The summed E-state index contributed by atoms with van der Waals surface area (Å²) in [6.45, 7) is 2.51. The Bertz CT molecular complexity index is 1360. The van der Waals surface area contributed by atoms with Crippen molar-refractivity contribution in [3.8, 4) is 0 Å². The molecule has 4 heterocycles. The maximum absolute atomic E-state index is 15.7.